The van der Waals surface area contributed by atoms with E-state index >= 15 is 0 Å². The second kappa shape index (κ2) is 10.3. The highest BCUT2D eigenvalue weighted by atomic mass is 32.2. The SMILES string of the molecule is CCCC(=O)N1c2ccc(C)cc2-c2nnc(SCCC(C)C)nc2O[C@@H]1c1ccccc1. The fourth-order valence-electron chi connectivity index (χ4n) is 3.76. The second-order valence-corrected chi connectivity index (χ2v) is 9.76. The maximum Gasteiger partial charge on any atom is 0.247 e. The van der Waals surface area contributed by atoms with Gasteiger partial charge >= 0.3 is 0 Å². The number of benzene rings is 2. The van der Waals surface area contributed by atoms with E-state index in [1.54, 1.807) is 16.7 Å². The van der Waals surface area contributed by atoms with Gasteiger partial charge in [0, 0.05) is 23.3 Å². The molecule has 1 aliphatic heterocycles. The highest BCUT2D eigenvalue weighted by molar-refractivity contribution is 7.99. The summed E-state index contributed by atoms with van der Waals surface area (Å²) < 4.78 is 6.49. The second-order valence-electron chi connectivity index (χ2n) is 8.69. The molecule has 3 aromatic rings. The molecule has 0 spiro atoms. The number of nitrogens with zero attached hydrogens (tertiary/aromatic N) is 4. The first-order valence-electron chi connectivity index (χ1n) is 11.5. The standard InChI is InChI=1S/C26H30N4O2S/c1-5-9-22(31)30-21-13-12-18(4)16-20(21)23-24(32-25(30)19-10-7-6-8-11-19)27-26(29-28-23)33-15-14-17(2)3/h6-8,10-13,16-17,25H,5,9,14-15H2,1-4H3/t25-/m1/s1. The first-order chi connectivity index (χ1) is 16.0. The fraction of sp³-hybridized carbons (Fsp3) is 0.385. The van der Waals surface area contributed by atoms with E-state index in [1.807, 2.05) is 62.4 Å². The maximum atomic E-state index is 13.4. The van der Waals surface area contributed by atoms with Gasteiger partial charge in [-0.3, -0.25) is 9.69 Å². The van der Waals surface area contributed by atoms with Crippen molar-refractivity contribution in [2.45, 2.75) is 58.3 Å². The molecule has 6 nitrogen and oxygen atoms in total. The third kappa shape index (κ3) is 5.19. The van der Waals surface area contributed by atoms with Crippen LogP contribution in [0.5, 0.6) is 5.88 Å². The molecule has 0 saturated carbocycles. The normalized spacial score (nSPS) is 14.9. The van der Waals surface area contributed by atoms with Crippen molar-refractivity contribution >= 4 is 23.4 Å². The highest BCUT2D eigenvalue weighted by Crippen LogP contribution is 2.44. The third-order valence-corrected chi connectivity index (χ3v) is 6.37. The molecule has 172 valence electrons. The van der Waals surface area contributed by atoms with Crippen LogP contribution in [0.25, 0.3) is 11.3 Å². The molecule has 0 N–H and O–H groups in total. The molecular formula is C26H30N4O2S. The van der Waals surface area contributed by atoms with Gasteiger partial charge in [-0.2, -0.15) is 4.98 Å². The van der Waals surface area contributed by atoms with Crippen LogP contribution < -0.4 is 9.64 Å². The molecule has 1 aliphatic rings. The van der Waals surface area contributed by atoms with Gasteiger partial charge in [0.2, 0.25) is 23.2 Å². The fourth-order valence-corrected chi connectivity index (χ4v) is 4.78. The van der Waals surface area contributed by atoms with E-state index in [0.717, 1.165) is 41.0 Å². The van der Waals surface area contributed by atoms with Crippen molar-refractivity contribution in [1.82, 2.24) is 15.2 Å². The predicted octanol–water partition coefficient (Wildman–Crippen LogP) is 6.21. The monoisotopic (exact) mass is 462 g/mol. The smallest absolute Gasteiger partial charge is 0.247 e. The van der Waals surface area contributed by atoms with Crippen molar-refractivity contribution in [2.75, 3.05) is 10.7 Å². The van der Waals surface area contributed by atoms with Gasteiger partial charge in [0.25, 0.3) is 0 Å². The number of rotatable bonds is 7. The average Bonchev–Trinajstić information content (AvgIpc) is 2.93. The first kappa shape index (κ1) is 23.2. The van der Waals surface area contributed by atoms with Gasteiger partial charge < -0.3 is 4.74 Å². The Labute approximate surface area is 199 Å². The Bertz CT molecular complexity index is 1120. The summed E-state index contributed by atoms with van der Waals surface area (Å²) in [5.74, 6) is 1.93. The van der Waals surface area contributed by atoms with Crippen LogP contribution in [-0.2, 0) is 4.79 Å². The molecule has 1 atom stereocenters. The van der Waals surface area contributed by atoms with E-state index < -0.39 is 6.23 Å². The third-order valence-electron chi connectivity index (χ3n) is 5.50. The summed E-state index contributed by atoms with van der Waals surface area (Å²) in [6.07, 6.45) is 1.60. The Morgan fingerprint density at radius 2 is 1.94 bits per heavy atom. The summed E-state index contributed by atoms with van der Waals surface area (Å²) in [4.78, 5) is 19.9. The van der Waals surface area contributed by atoms with E-state index in [0.29, 0.717) is 29.1 Å². The average molecular weight is 463 g/mol. The quantitative estimate of drug-likeness (QED) is 0.389. The minimum Gasteiger partial charge on any atom is -0.447 e. The number of amides is 1. The zero-order chi connectivity index (χ0) is 23.4. The van der Waals surface area contributed by atoms with Crippen LogP contribution >= 0.6 is 11.8 Å². The lowest BCUT2D eigenvalue weighted by Crippen LogP contribution is -2.37. The number of fused-ring (bicyclic) bond motifs is 3. The number of carbonyl (C=O) groups is 1. The molecule has 0 saturated heterocycles. The van der Waals surface area contributed by atoms with Crippen molar-refractivity contribution in [3.05, 3.63) is 59.7 Å². The van der Waals surface area contributed by atoms with Crippen molar-refractivity contribution in [3.8, 4) is 17.1 Å². The summed E-state index contributed by atoms with van der Waals surface area (Å²) >= 11 is 1.58. The molecular weight excluding hydrogens is 432 g/mol. The van der Waals surface area contributed by atoms with Crippen molar-refractivity contribution in [2.24, 2.45) is 5.92 Å². The lowest BCUT2D eigenvalue weighted by molar-refractivity contribution is -0.120. The van der Waals surface area contributed by atoms with Crippen LogP contribution in [0.2, 0.25) is 0 Å². The van der Waals surface area contributed by atoms with E-state index in [1.165, 1.54) is 0 Å². The number of aromatic nitrogens is 3. The number of aryl methyl sites for hydroxylation is 1. The van der Waals surface area contributed by atoms with Gasteiger partial charge in [-0.1, -0.05) is 74.5 Å². The van der Waals surface area contributed by atoms with E-state index in [4.69, 9.17) is 9.72 Å². The van der Waals surface area contributed by atoms with Gasteiger partial charge in [0.15, 0.2) is 5.69 Å². The van der Waals surface area contributed by atoms with Crippen molar-refractivity contribution in [3.63, 3.8) is 0 Å². The Hall–Kier alpha value is -2.93. The van der Waals surface area contributed by atoms with Crippen molar-refractivity contribution < 1.29 is 9.53 Å². The Morgan fingerprint density at radius 1 is 1.15 bits per heavy atom. The zero-order valence-corrected chi connectivity index (χ0v) is 20.4. The Kier molecular flexibility index (Phi) is 7.28. The lowest BCUT2D eigenvalue weighted by atomic mass is 10.0. The summed E-state index contributed by atoms with van der Waals surface area (Å²) in [5.41, 5.74) is 4.09. The van der Waals surface area contributed by atoms with Crippen LogP contribution in [0.3, 0.4) is 0 Å². The topological polar surface area (TPSA) is 68.2 Å². The van der Waals surface area contributed by atoms with Crippen LogP contribution in [0, 0.1) is 12.8 Å². The molecule has 2 heterocycles. The summed E-state index contributed by atoms with van der Waals surface area (Å²) in [6.45, 7) is 8.43. The summed E-state index contributed by atoms with van der Waals surface area (Å²) in [5, 5.41) is 9.50. The van der Waals surface area contributed by atoms with Gasteiger partial charge in [-0.05, 0) is 37.8 Å². The molecule has 0 fully saturated rings. The van der Waals surface area contributed by atoms with Gasteiger partial charge in [0.1, 0.15) is 0 Å². The lowest BCUT2D eigenvalue weighted by Gasteiger charge is -2.31. The van der Waals surface area contributed by atoms with E-state index in [9.17, 15) is 4.79 Å². The molecule has 1 aromatic heterocycles. The van der Waals surface area contributed by atoms with Gasteiger partial charge in [0.05, 0.1) is 5.69 Å². The number of anilines is 1. The molecule has 2 aromatic carbocycles. The van der Waals surface area contributed by atoms with Crippen molar-refractivity contribution in [1.29, 1.82) is 0 Å². The molecule has 1 amide bonds. The molecule has 7 heteroatoms. The summed E-state index contributed by atoms with van der Waals surface area (Å²) in [6, 6.07) is 15.8. The molecule has 33 heavy (non-hydrogen) atoms. The summed E-state index contributed by atoms with van der Waals surface area (Å²) in [7, 11) is 0. The maximum absolute atomic E-state index is 13.4. The van der Waals surface area contributed by atoms with E-state index in [-0.39, 0.29) is 5.91 Å². The Balaban J connectivity index is 1.84. The van der Waals surface area contributed by atoms with Crippen LogP contribution in [0.15, 0.2) is 53.7 Å². The molecule has 0 unspecified atom stereocenters. The number of hydrogen-bond acceptors (Lipinski definition) is 6. The minimum absolute atomic E-state index is 0.00348. The van der Waals surface area contributed by atoms with Crippen LogP contribution in [0.4, 0.5) is 5.69 Å². The van der Waals surface area contributed by atoms with Crippen LogP contribution in [-0.4, -0.2) is 26.8 Å². The van der Waals surface area contributed by atoms with Crippen LogP contribution in [0.1, 0.15) is 57.4 Å². The largest absolute Gasteiger partial charge is 0.447 e. The molecule has 0 bridgehead atoms. The van der Waals surface area contributed by atoms with E-state index in [2.05, 4.69) is 24.0 Å². The molecule has 0 aliphatic carbocycles. The van der Waals surface area contributed by atoms with Gasteiger partial charge in [-0.25, -0.2) is 0 Å². The number of carbonyl (C=O) groups excluding carboxylic acids is 1. The Morgan fingerprint density at radius 3 is 2.67 bits per heavy atom. The highest BCUT2D eigenvalue weighted by Gasteiger charge is 2.35. The minimum atomic E-state index is -0.641. The number of ether oxygens (including phenoxy) is 1. The predicted molar refractivity (Wildman–Crippen MR) is 132 cm³/mol. The molecule has 0 radical (unpaired) electrons. The first-order valence-corrected chi connectivity index (χ1v) is 12.5. The number of hydrogen-bond donors (Lipinski definition) is 0. The zero-order valence-electron chi connectivity index (χ0n) is 19.6. The van der Waals surface area contributed by atoms with Gasteiger partial charge in [-0.15, -0.1) is 10.2 Å². The molecule has 4 rings (SSSR count). The number of thioether (sulfide) groups is 1.